The number of benzene rings is 1. The van der Waals surface area contributed by atoms with Gasteiger partial charge >= 0.3 is 6.09 Å². The zero-order chi connectivity index (χ0) is 15.9. The first kappa shape index (κ1) is 15.9. The molecular formula is C16H21N3O3. The summed E-state index contributed by atoms with van der Waals surface area (Å²) >= 11 is 0. The molecule has 6 nitrogen and oxygen atoms in total. The molecule has 6 heteroatoms. The molecule has 2 aromatic rings. The van der Waals surface area contributed by atoms with E-state index in [1.165, 1.54) is 6.08 Å². The van der Waals surface area contributed by atoms with Gasteiger partial charge < -0.3 is 25.5 Å². The number of methoxy groups -OCH3 is 1. The molecule has 22 heavy (non-hydrogen) atoms. The second-order valence-corrected chi connectivity index (χ2v) is 4.96. The van der Waals surface area contributed by atoms with E-state index in [0.29, 0.717) is 13.0 Å². The number of alkyl carbamates (subject to hydrolysis) is 1. The second kappa shape index (κ2) is 7.51. The van der Waals surface area contributed by atoms with E-state index < -0.39 is 6.09 Å². The first-order valence-corrected chi connectivity index (χ1v) is 7.05. The molecule has 1 amide bonds. The number of rotatable bonds is 7. The molecule has 1 aromatic carbocycles. The van der Waals surface area contributed by atoms with Gasteiger partial charge in [0.15, 0.2) is 0 Å². The highest BCUT2D eigenvalue weighted by molar-refractivity contribution is 5.84. The molecule has 0 saturated carbocycles. The predicted molar refractivity (Wildman–Crippen MR) is 86.1 cm³/mol. The summed E-state index contributed by atoms with van der Waals surface area (Å²) in [6, 6.07) is 5.63. The Morgan fingerprint density at radius 3 is 3.09 bits per heavy atom. The summed E-state index contributed by atoms with van der Waals surface area (Å²) in [6.07, 6.45) is 3.59. The number of nitrogens with two attached hydrogens (primary N) is 1. The Hall–Kier alpha value is -2.47. The molecule has 0 unspecified atom stereocenters. The third-order valence-corrected chi connectivity index (χ3v) is 3.30. The maximum Gasteiger partial charge on any atom is 0.407 e. The van der Waals surface area contributed by atoms with Crippen LogP contribution in [0.1, 0.15) is 5.56 Å². The molecule has 0 fully saturated rings. The van der Waals surface area contributed by atoms with Gasteiger partial charge in [0, 0.05) is 29.7 Å². The van der Waals surface area contributed by atoms with Crippen molar-refractivity contribution >= 4 is 17.0 Å². The number of hydrogen-bond acceptors (Lipinski definition) is 4. The summed E-state index contributed by atoms with van der Waals surface area (Å²) in [7, 11) is 1.64. The molecule has 118 valence electrons. The molecule has 0 spiro atoms. The van der Waals surface area contributed by atoms with Crippen molar-refractivity contribution in [2.45, 2.75) is 12.5 Å². The number of fused-ring (bicyclic) bond motifs is 1. The van der Waals surface area contributed by atoms with Crippen LogP contribution in [-0.2, 0) is 11.2 Å². The van der Waals surface area contributed by atoms with Crippen LogP contribution in [0.15, 0.2) is 37.1 Å². The van der Waals surface area contributed by atoms with Crippen LogP contribution >= 0.6 is 0 Å². The molecule has 0 saturated heterocycles. The van der Waals surface area contributed by atoms with Crippen molar-refractivity contribution in [2.24, 2.45) is 5.73 Å². The molecule has 0 aliphatic rings. The number of carbonyl (C=O) groups is 1. The fourth-order valence-corrected chi connectivity index (χ4v) is 2.21. The first-order chi connectivity index (χ1) is 10.6. The number of ether oxygens (including phenoxy) is 2. The monoisotopic (exact) mass is 303 g/mol. The van der Waals surface area contributed by atoms with Crippen molar-refractivity contribution in [2.75, 3.05) is 20.3 Å². The van der Waals surface area contributed by atoms with Gasteiger partial charge in [-0.3, -0.25) is 0 Å². The Labute approximate surface area is 129 Å². The number of hydrogen-bond donors (Lipinski definition) is 3. The minimum absolute atomic E-state index is 0.184. The topological polar surface area (TPSA) is 89.4 Å². The Balaban J connectivity index is 1.95. The Bertz CT molecular complexity index is 651. The van der Waals surface area contributed by atoms with Crippen LogP contribution in [-0.4, -0.2) is 37.4 Å². The van der Waals surface area contributed by atoms with Crippen molar-refractivity contribution in [1.29, 1.82) is 0 Å². The third kappa shape index (κ3) is 4.02. The minimum atomic E-state index is -0.490. The standard InChI is InChI=1S/C16H21N3O3/c1-3-6-22-16(20)19-10-12(17)7-11-9-18-15-5-4-13(21-2)8-14(11)15/h3-5,8-9,12,18H,1,6-7,10,17H2,2H3,(H,19,20)/t12-/m0/s1. The molecule has 0 aliphatic carbocycles. The quantitative estimate of drug-likeness (QED) is 0.682. The molecule has 0 radical (unpaired) electrons. The highest BCUT2D eigenvalue weighted by Gasteiger charge is 2.11. The van der Waals surface area contributed by atoms with Crippen molar-refractivity contribution < 1.29 is 14.3 Å². The van der Waals surface area contributed by atoms with Crippen LogP contribution in [0.3, 0.4) is 0 Å². The molecule has 1 aromatic heterocycles. The Morgan fingerprint density at radius 1 is 1.55 bits per heavy atom. The van der Waals surface area contributed by atoms with Crippen LogP contribution in [0.2, 0.25) is 0 Å². The number of nitrogens with one attached hydrogen (secondary N) is 2. The van der Waals surface area contributed by atoms with Gasteiger partial charge in [-0.15, -0.1) is 0 Å². The van der Waals surface area contributed by atoms with E-state index in [0.717, 1.165) is 22.2 Å². The van der Waals surface area contributed by atoms with Crippen molar-refractivity contribution in [3.8, 4) is 5.75 Å². The number of carbonyl (C=O) groups excluding carboxylic acids is 1. The van der Waals surface area contributed by atoms with Crippen LogP contribution in [0.4, 0.5) is 4.79 Å². The van der Waals surface area contributed by atoms with Crippen LogP contribution in [0.5, 0.6) is 5.75 Å². The maximum atomic E-state index is 11.3. The van der Waals surface area contributed by atoms with Gasteiger partial charge in [0.05, 0.1) is 7.11 Å². The number of amides is 1. The van der Waals surface area contributed by atoms with Crippen molar-refractivity contribution in [3.05, 3.63) is 42.6 Å². The van der Waals surface area contributed by atoms with Crippen LogP contribution < -0.4 is 15.8 Å². The highest BCUT2D eigenvalue weighted by atomic mass is 16.5. The fraction of sp³-hybridized carbons (Fsp3) is 0.312. The predicted octanol–water partition coefficient (Wildman–Crippen LogP) is 1.96. The Kier molecular flexibility index (Phi) is 5.43. The second-order valence-electron chi connectivity index (χ2n) is 4.96. The molecule has 4 N–H and O–H groups in total. The SMILES string of the molecule is C=CCOC(=O)NC[C@@H](N)Cc1c[nH]c2ccc(OC)cc12. The largest absolute Gasteiger partial charge is 0.497 e. The first-order valence-electron chi connectivity index (χ1n) is 7.05. The summed E-state index contributed by atoms with van der Waals surface area (Å²) < 4.78 is 10.1. The lowest BCUT2D eigenvalue weighted by molar-refractivity contribution is 0.157. The van der Waals surface area contributed by atoms with E-state index in [1.54, 1.807) is 7.11 Å². The van der Waals surface area contributed by atoms with Crippen molar-refractivity contribution in [3.63, 3.8) is 0 Å². The summed E-state index contributed by atoms with van der Waals surface area (Å²) in [6.45, 7) is 4.00. The molecule has 2 rings (SSSR count). The number of H-pyrrole nitrogens is 1. The van der Waals surface area contributed by atoms with Crippen molar-refractivity contribution in [1.82, 2.24) is 10.3 Å². The van der Waals surface area contributed by atoms with Gasteiger partial charge in [0.1, 0.15) is 12.4 Å². The Morgan fingerprint density at radius 2 is 2.36 bits per heavy atom. The average molecular weight is 303 g/mol. The molecule has 0 bridgehead atoms. The maximum absolute atomic E-state index is 11.3. The van der Waals surface area contributed by atoms with E-state index >= 15 is 0 Å². The molecular weight excluding hydrogens is 282 g/mol. The minimum Gasteiger partial charge on any atom is -0.497 e. The summed E-state index contributed by atoms with van der Waals surface area (Å²) in [5.74, 6) is 0.799. The summed E-state index contributed by atoms with van der Waals surface area (Å²) in [5.41, 5.74) is 8.18. The summed E-state index contributed by atoms with van der Waals surface area (Å²) in [4.78, 5) is 14.5. The lowest BCUT2D eigenvalue weighted by Gasteiger charge is -2.12. The lowest BCUT2D eigenvalue weighted by atomic mass is 10.1. The zero-order valence-corrected chi connectivity index (χ0v) is 12.6. The zero-order valence-electron chi connectivity index (χ0n) is 12.6. The fourth-order valence-electron chi connectivity index (χ4n) is 2.21. The lowest BCUT2D eigenvalue weighted by Crippen LogP contribution is -2.38. The average Bonchev–Trinajstić information content (AvgIpc) is 2.93. The van der Waals surface area contributed by atoms with Gasteiger partial charge in [0.2, 0.25) is 0 Å². The van der Waals surface area contributed by atoms with Gasteiger partial charge in [-0.2, -0.15) is 0 Å². The van der Waals surface area contributed by atoms with Crippen LogP contribution in [0.25, 0.3) is 10.9 Å². The third-order valence-electron chi connectivity index (χ3n) is 3.30. The number of aromatic amines is 1. The number of aromatic nitrogens is 1. The molecule has 1 atom stereocenters. The van der Waals surface area contributed by atoms with E-state index in [4.69, 9.17) is 15.2 Å². The molecule has 1 heterocycles. The smallest absolute Gasteiger partial charge is 0.407 e. The normalized spacial score (nSPS) is 11.9. The molecule has 0 aliphatic heterocycles. The highest BCUT2D eigenvalue weighted by Crippen LogP contribution is 2.24. The van der Waals surface area contributed by atoms with E-state index in [1.807, 2.05) is 24.4 Å². The van der Waals surface area contributed by atoms with Gasteiger partial charge in [-0.25, -0.2) is 4.79 Å². The summed E-state index contributed by atoms with van der Waals surface area (Å²) in [5, 5.41) is 3.70. The van der Waals surface area contributed by atoms with Gasteiger partial charge in [-0.1, -0.05) is 12.7 Å². The van der Waals surface area contributed by atoms with Crippen LogP contribution in [0, 0.1) is 0 Å². The van der Waals surface area contributed by atoms with Gasteiger partial charge in [0.25, 0.3) is 0 Å². The van der Waals surface area contributed by atoms with E-state index in [2.05, 4.69) is 16.9 Å². The van der Waals surface area contributed by atoms with Gasteiger partial charge in [-0.05, 0) is 30.2 Å². The van der Waals surface area contributed by atoms with E-state index in [9.17, 15) is 4.79 Å². The van der Waals surface area contributed by atoms with E-state index in [-0.39, 0.29) is 12.6 Å².